The molecule has 0 saturated carbocycles. The Kier molecular flexibility index (Phi) is 4.12. The molecule has 0 aliphatic rings. The number of hydrogen-bond acceptors (Lipinski definition) is 3. The first kappa shape index (κ1) is 13.9. The van der Waals surface area contributed by atoms with Gasteiger partial charge in [-0.2, -0.15) is 0 Å². The molecule has 100 valence electrons. The van der Waals surface area contributed by atoms with Gasteiger partial charge in [0.2, 0.25) is 0 Å². The molecule has 3 nitrogen and oxygen atoms in total. The number of benzene rings is 1. The summed E-state index contributed by atoms with van der Waals surface area (Å²) in [5.41, 5.74) is 1.85. The summed E-state index contributed by atoms with van der Waals surface area (Å²) >= 11 is 7.20. The lowest BCUT2D eigenvalue weighted by Crippen LogP contribution is -1.96. The van der Waals surface area contributed by atoms with Crippen LogP contribution in [0.15, 0.2) is 24.3 Å². The zero-order chi connectivity index (χ0) is 14.0. The van der Waals surface area contributed by atoms with Gasteiger partial charge in [-0.05, 0) is 43.7 Å². The number of carboxylic acid groups (broad SMARTS) is 1. The number of carbonyl (C=O) groups is 1. The van der Waals surface area contributed by atoms with Gasteiger partial charge in [0.05, 0.1) is 0 Å². The molecular weight excluding hydrogens is 284 g/mol. The number of halogens is 1. The van der Waals surface area contributed by atoms with Crippen molar-refractivity contribution in [3.8, 4) is 5.75 Å². The van der Waals surface area contributed by atoms with Crippen molar-refractivity contribution in [3.63, 3.8) is 0 Å². The zero-order valence-electron chi connectivity index (χ0n) is 10.6. The van der Waals surface area contributed by atoms with Gasteiger partial charge in [-0.15, -0.1) is 11.3 Å². The van der Waals surface area contributed by atoms with E-state index in [4.69, 9.17) is 21.4 Å². The van der Waals surface area contributed by atoms with Gasteiger partial charge in [0.1, 0.15) is 17.2 Å². The number of rotatable bonds is 4. The average Bonchev–Trinajstić information content (AvgIpc) is 2.73. The molecule has 0 amide bonds. The third-order valence-corrected chi connectivity index (χ3v) is 4.26. The van der Waals surface area contributed by atoms with Crippen LogP contribution in [0, 0.1) is 13.8 Å². The summed E-state index contributed by atoms with van der Waals surface area (Å²) in [6.07, 6.45) is 0. The molecule has 0 aliphatic heterocycles. The molecule has 0 aliphatic carbocycles. The molecule has 2 aromatic rings. The molecule has 0 bridgehead atoms. The Morgan fingerprint density at radius 1 is 1.37 bits per heavy atom. The van der Waals surface area contributed by atoms with Gasteiger partial charge < -0.3 is 9.84 Å². The molecule has 0 fully saturated rings. The molecule has 1 aromatic carbocycles. The molecular formula is C14H13ClO3S. The molecule has 0 atom stereocenters. The van der Waals surface area contributed by atoms with E-state index in [-0.39, 0.29) is 0 Å². The van der Waals surface area contributed by atoms with Crippen molar-refractivity contribution in [2.75, 3.05) is 0 Å². The Labute approximate surface area is 120 Å². The number of ether oxygens (including phenoxy) is 1. The number of aryl methyl sites for hydroxylation is 2. The van der Waals surface area contributed by atoms with Crippen LogP contribution in [-0.2, 0) is 6.61 Å². The van der Waals surface area contributed by atoms with Crippen molar-refractivity contribution in [3.05, 3.63) is 50.2 Å². The van der Waals surface area contributed by atoms with E-state index in [1.807, 2.05) is 19.9 Å². The Hall–Kier alpha value is -1.52. The summed E-state index contributed by atoms with van der Waals surface area (Å²) < 4.78 is 5.66. The second-order valence-corrected chi connectivity index (χ2v) is 5.86. The van der Waals surface area contributed by atoms with Crippen molar-refractivity contribution in [2.45, 2.75) is 20.5 Å². The van der Waals surface area contributed by atoms with Crippen LogP contribution in [0.2, 0.25) is 5.02 Å². The zero-order valence-corrected chi connectivity index (χ0v) is 12.1. The summed E-state index contributed by atoms with van der Waals surface area (Å²) in [4.78, 5) is 12.2. The third kappa shape index (κ3) is 3.28. The fraction of sp³-hybridized carbons (Fsp3) is 0.214. The summed E-state index contributed by atoms with van der Waals surface area (Å²) in [5.74, 6) is -0.175. The van der Waals surface area contributed by atoms with Crippen LogP contribution >= 0.6 is 22.9 Å². The highest BCUT2D eigenvalue weighted by Crippen LogP contribution is 2.25. The number of thiophene rings is 1. The number of aromatic carboxylic acids is 1. The minimum absolute atomic E-state index is 0.336. The van der Waals surface area contributed by atoms with Gasteiger partial charge in [0.25, 0.3) is 0 Å². The SMILES string of the molecule is Cc1cc(OCc2cc(C(=O)O)sc2C)ccc1Cl. The predicted octanol–water partition coefficient (Wildman–Crippen LogP) is 4.30. The number of carboxylic acids is 1. The van der Waals surface area contributed by atoms with Crippen LogP contribution in [-0.4, -0.2) is 11.1 Å². The van der Waals surface area contributed by atoms with Crippen LogP contribution < -0.4 is 4.74 Å². The molecule has 1 heterocycles. The Morgan fingerprint density at radius 2 is 2.11 bits per heavy atom. The largest absolute Gasteiger partial charge is 0.489 e. The fourth-order valence-electron chi connectivity index (χ4n) is 1.64. The molecule has 1 N–H and O–H groups in total. The van der Waals surface area contributed by atoms with Gasteiger partial charge >= 0.3 is 5.97 Å². The van der Waals surface area contributed by atoms with Crippen LogP contribution in [0.4, 0.5) is 0 Å². The Morgan fingerprint density at radius 3 is 2.68 bits per heavy atom. The minimum atomic E-state index is -0.901. The highest BCUT2D eigenvalue weighted by molar-refractivity contribution is 7.14. The lowest BCUT2D eigenvalue weighted by Gasteiger charge is -2.07. The van der Waals surface area contributed by atoms with Gasteiger partial charge in [-0.3, -0.25) is 0 Å². The maximum atomic E-state index is 10.9. The second kappa shape index (κ2) is 5.63. The maximum absolute atomic E-state index is 10.9. The van der Waals surface area contributed by atoms with E-state index in [9.17, 15) is 4.79 Å². The summed E-state index contributed by atoms with van der Waals surface area (Å²) in [6, 6.07) is 7.11. The standard InChI is InChI=1S/C14H13ClO3S/c1-8-5-11(3-4-12(8)15)18-7-10-6-13(14(16)17)19-9(10)2/h3-6H,7H2,1-2H3,(H,16,17). The molecule has 5 heteroatoms. The van der Waals surface area contributed by atoms with Crippen LogP contribution in [0.1, 0.15) is 25.7 Å². The van der Waals surface area contributed by atoms with Crippen molar-refractivity contribution >= 4 is 28.9 Å². The van der Waals surface area contributed by atoms with Gasteiger partial charge in [-0.1, -0.05) is 11.6 Å². The van der Waals surface area contributed by atoms with E-state index >= 15 is 0 Å². The average molecular weight is 297 g/mol. The fourth-order valence-corrected chi connectivity index (χ4v) is 2.62. The first-order valence-corrected chi connectivity index (χ1v) is 6.88. The van der Waals surface area contributed by atoms with Gasteiger partial charge in [0.15, 0.2) is 0 Å². The lowest BCUT2D eigenvalue weighted by molar-refractivity contribution is 0.0702. The quantitative estimate of drug-likeness (QED) is 0.915. The smallest absolute Gasteiger partial charge is 0.345 e. The predicted molar refractivity (Wildman–Crippen MR) is 76.5 cm³/mol. The summed E-state index contributed by atoms with van der Waals surface area (Å²) in [6.45, 7) is 4.16. The Bertz CT molecular complexity index is 619. The third-order valence-electron chi connectivity index (χ3n) is 2.76. The van der Waals surface area contributed by atoms with E-state index in [2.05, 4.69) is 0 Å². The first-order valence-electron chi connectivity index (χ1n) is 5.69. The summed E-state index contributed by atoms with van der Waals surface area (Å²) in [7, 11) is 0. The van der Waals surface area contributed by atoms with Gasteiger partial charge in [0, 0.05) is 15.5 Å². The first-order chi connectivity index (χ1) is 8.97. The molecule has 0 saturated heterocycles. The van der Waals surface area contributed by atoms with E-state index < -0.39 is 5.97 Å². The minimum Gasteiger partial charge on any atom is -0.489 e. The maximum Gasteiger partial charge on any atom is 0.345 e. The Balaban J connectivity index is 2.09. The van der Waals surface area contributed by atoms with Crippen LogP contribution in [0.25, 0.3) is 0 Å². The van der Waals surface area contributed by atoms with E-state index in [0.29, 0.717) is 16.5 Å². The molecule has 0 unspecified atom stereocenters. The van der Waals surface area contributed by atoms with Crippen molar-refractivity contribution in [2.24, 2.45) is 0 Å². The second-order valence-electron chi connectivity index (χ2n) is 4.20. The van der Waals surface area contributed by atoms with Gasteiger partial charge in [-0.25, -0.2) is 4.79 Å². The topological polar surface area (TPSA) is 46.5 Å². The van der Waals surface area contributed by atoms with E-state index in [1.54, 1.807) is 18.2 Å². The molecule has 19 heavy (non-hydrogen) atoms. The molecule has 0 spiro atoms. The lowest BCUT2D eigenvalue weighted by atomic mass is 10.2. The van der Waals surface area contributed by atoms with E-state index in [0.717, 1.165) is 21.8 Å². The highest BCUT2D eigenvalue weighted by Gasteiger charge is 2.11. The summed E-state index contributed by atoms with van der Waals surface area (Å²) in [5, 5.41) is 9.63. The molecule has 1 aromatic heterocycles. The van der Waals surface area contributed by atoms with Crippen LogP contribution in [0.5, 0.6) is 5.75 Å². The van der Waals surface area contributed by atoms with Crippen LogP contribution in [0.3, 0.4) is 0 Å². The highest BCUT2D eigenvalue weighted by atomic mass is 35.5. The van der Waals surface area contributed by atoms with Crippen molar-refractivity contribution in [1.82, 2.24) is 0 Å². The number of hydrogen-bond donors (Lipinski definition) is 1. The normalized spacial score (nSPS) is 10.5. The van der Waals surface area contributed by atoms with E-state index in [1.165, 1.54) is 11.3 Å². The monoisotopic (exact) mass is 296 g/mol. The van der Waals surface area contributed by atoms with Crippen molar-refractivity contribution < 1.29 is 14.6 Å². The molecule has 2 rings (SSSR count). The molecule has 0 radical (unpaired) electrons. The van der Waals surface area contributed by atoms with Crippen molar-refractivity contribution in [1.29, 1.82) is 0 Å².